The van der Waals surface area contributed by atoms with Gasteiger partial charge in [0.1, 0.15) is 0 Å². The third-order valence-corrected chi connectivity index (χ3v) is 3.64. The van der Waals surface area contributed by atoms with Crippen LogP contribution in [0.5, 0.6) is 0 Å². The Hall–Kier alpha value is -2.70. The Morgan fingerprint density at radius 1 is 1.05 bits per heavy atom. The Morgan fingerprint density at radius 2 is 1.81 bits per heavy atom. The van der Waals surface area contributed by atoms with Crippen LogP contribution in [0.1, 0.15) is 12.8 Å². The van der Waals surface area contributed by atoms with Gasteiger partial charge in [-0.3, -0.25) is 4.98 Å². The van der Waals surface area contributed by atoms with Gasteiger partial charge in [-0.2, -0.15) is 9.97 Å². The second-order valence-electron chi connectivity index (χ2n) is 5.07. The molecule has 7 heteroatoms. The molecule has 7 nitrogen and oxygen atoms in total. The average molecular weight is 282 g/mol. The molecule has 3 heterocycles. The number of nitrogens with one attached hydrogen (secondary N) is 1. The van der Waals surface area contributed by atoms with Crippen LogP contribution in [0.2, 0.25) is 0 Å². The van der Waals surface area contributed by atoms with Gasteiger partial charge in [-0.1, -0.05) is 30.3 Å². The lowest BCUT2D eigenvalue weighted by Gasteiger charge is -2.14. The molecule has 1 N–H and O–H groups in total. The molecule has 0 unspecified atom stereocenters. The van der Waals surface area contributed by atoms with Crippen molar-refractivity contribution in [3.05, 3.63) is 40.8 Å². The number of rotatable bonds is 2. The third kappa shape index (κ3) is 2.06. The minimum Gasteiger partial charge on any atom is -0.342 e. The normalized spacial score (nSPS) is 15.0. The molecule has 0 saturated carbocycles. The molecule has 1 aromatic carbocycles. The molecule has 1 aliphatic heterocycles. The molecule has 2 aromatic heterocycles. The van der Waals surface area contributed by atoms with Crippen molar-refractivity contribution in [3.8, 4) is 11.4 Å². The first kappa shape index (κ1) is 12.1. The van der Waals surface area contributed by atoms with E-state index in [0.29, 0.717) is 17.6 Å². The fourth-order valence-electron chi connectivity index (χ4n) is 2.57. The van der Waals surface area contributed by atoms with Crippen molar-refractivity contribution in [1.29, 1.82) is 0 Å². The second kappa shape index (κ2) is 4.69. The molecule has 21 heavy (non-hydrogen) atoms. The highest BCUT2D eigenvalue weighted by Gasteiger charge is 2.17. The van der Waals surface area contributed by atoms with Crippen LogP contribution in [-0.4, -0.2) is 37.7 Å². The van der Waals surface area contributed by atoms with E-state index in [2.05, 4.69) is 25.0 Å². The Labute approximate surface area is 120 Å². The number of H-pyrrole nitrogens is 1. The number of aromatic nitrogens is 5. The van der Waals surface area contributed by atoms with Gasteiger partial charge < -0.3 is 4.90 Å². The average Bonchev–Trinajstić information content (AvgIpc) is 3.17. The zero-order valence-corrected chi connectivity index (χ0v) is 11.4. The summed E-state index contributed by atoms with van der Waals surface area (Å²) in [6.45, 7) is 1.83. The largest absolute Gasteiger partial charge is 0.352 e. The van der Waals surface area contributed by atoms with Crippen LogP contribution in [0.15, 0.2) is 35.1 Å². The van der Waals surface area contributed by atoms with E-state index in [4.69, 9.17) is 0 Å². The van der Waals surface area contributed by atoms with Crippen molar-refractivity contribution in [2.45, 2.75) is 12.8 Å². The third-order valence-electron chi connectivity index (χ3n) is 3.64. The molecule has 0 bridgehead atoms. The number of hydrogen-bond donors (Lipinski definition) is 1. The lowest BCUT2D eigenvalue weighted by molar-refractivity contribution is 0.807. The maximum absolute atomic E-state index is 12.1. The fourth-order valence-corrected chi connectivity index (χ4v) is 2.57. The van der Waals surface area contributed by atoms with Crippen LogP contribution in [0.4, 0.5) is 5.95 Å². The lowest BCUT2D eigenvalue weighted by Crippen LogP contribution is -2.27. The Bertz CT molecular complexity index is 832. The summed E-state index contributed by atoms with van der Waals surface area (Å²) in [6, 6.07) is 9.56. The molecule has 0 amide bonds. The van der Waals surface area contributed by atoms with Gasteiger partial charge in [-0.15, -0.1) is 9.61 Å². The van der Waals surface area contributed by atoms with Gasteiger partial charge in [0.2, 0.25) is 5.95 Å². The van der Waals surface area contributed by atoms with Crippen LogP contribution in [0.3, 0.4) is 0 Å². The molecular formula is C14H14N6O. The van der Waals surface area contributed by atoms with Crippen LogP contribution in [0.25, 0.3) is 17.2 Å². The summed E-state index contributed by atoms with van der Waals surface area (Å²) in [5.41, 5.74) is 0.557. The molecule has 3 aromatic rings. The van der Waals surface area contributed by atoms with Crippen molar-refractivity contribution in [3.63, 3.8) is 0 Å². The SMILES string of the molecule is O=c1[nH]c(N2CCCC2)nc2nc(-c3ccccc3)nn12. The van der Waals surface area contributed by atoms with Gasteiger partial charge in [0.25, 0.3) is 5.78 Å². The first-order chi connectivity index (χ1) is 10.3. The molecule has 1 aliphatic rings. The molecule has 0 atom stereocenters. The number of hydrogen-bond acceptors (Lipinski definition) is 5. The summed E-state index contributed by atoms with van der Waals surface area (Å²) in [4.78, 5) is 25.8. The summed E-state index contributed by atoms with van der Waals surface area (Å²) in [7, 11) is 0. The van der Waals surface area contributed by atoms with E-state index >= 15 is 0 Å². The maximum Gasteiger partial charge on any atom is 0.352 e. The van der Waals surface area contributed by atoms with E-state index in [-0.39, 0.29) is 5.69 Å². The Balaban J connectivity index is 1.84. The molecule has 106 valence electrons. The fraction of sp³-hybridized carbons (Fsp3) is 0.286. The minimum absolute atomic E-state index is 0.309. The van der Waals surface area contributed by atoms with Gasteiger partial charge in [0.05, 0.1) is 0 Å². The zero-order chi connectivity index (χ0) is 14.2. The molecule has 0 aliphatic carbocycles. The van der Waals surface area contributed by atoms with Crippen molar-refractivity contribution in [1.82, 2.24) is 24.6 Å². The molecule has 1 saturated heterocycles. The van der Waals surface area contributed by atoms with Gasteiger partial charge in [-0.05, 0) is 12.8 Å². The van der Waals surface area contributed by atoms with E-state index in [9.17, 15) is 4.79 Å². The standard InChI is InChI=1S/C14H14N6O/c21-14-17-12(19-8-4-5-9-19)16-13-15-11(18-20(13)14)10-6-2-1-3-7-10/h1-3,6-7H,4-5,8-9H2,(H,15,16,17,18,21). The lowest BCUT2D eigenvalue weighted by atomic mass is 10.2. The van der Waals surface area contributed by atoms with Crippen LogP contribution in [0, 0.1) is 0 Å². The topological polar surface area (TPSA) is 79.2 Å². The number of fused-ring (bicyclic) bond motifs is 1. The van der Waals surface area contributed by atoms with Gasteiger partial charge >= 0.3 is 5.69 Å². The predicted octanol–water partition coefficient (Wildman–Crippen LogP) is 1.08. The van der Waals surface area contributed by atoms with Gasteiger partial charge in [0, 0.05) is 18.7 Å². The smallest absolute Gasteiger partial charge is 0.342 e. The number of aromatic amines is 1. The monoisotopic (exact) mass is 282 g/mol. The second-order valence-corrected chi connectivity index (χ2v) is 5.07. The minimum atomic E-state index is -0.309. The van der Waals surface area contributed by atoms with Crippen LogP contribution < -0.4 is 10.6 Å². The predicted molar refractivity (Wildman–Crippen MR) is 78.3 cm³/mol. The van der Waals surface area contributed by atoms with E-state index in [0.717, 1.165) is 31.5 Å². The molecule has 0 radical (unpaired) electrons. The van der Waals surface area contributed by atoms with E-state index in [1.54, 1.807) is 0 Å². The molecular weight excluding hydrogens is 268 g/mol. The highest BCUT2D eigenvalue weighted by Crippen LogP contribution is 2.17. The summed E-state index contributed by atoms with van der Waals surface area (Å²) in [5, 5.41) is 4.23. The number of benzene rings is 1. The first-order valence-corrected chi connectivity index (χ1v) is 6.99. The first-order valence-electron chi connectivity index (χ1n) is 6.99. The number of anilines is 1. The molecule has 0 spiro atoms. The highest BCUT2D eigenvalue weighted by atomic mass is 16.1. The number of nitrogens with zero attached hydrogens (tertiary/aromatic N) is 5. The molecule has 4 rings (SSSR count). The van der Waals surface area contributed by atoms with E-state index in [1.807, 2.05) is 30.3 Å². The van der Waals surface area contributed by atoms with E-state index < -0.39 is 0 Å². The summed E-state index contributed by atoms with van der Waals surface area (Å²) < 4.78 is 1.21. The van der Waals surface area contributed by atoms with Gasteiger partial charge in [0.15, 0.2) is 5.82 Å². The zero-order valence-electron chi connectivity index (χ0n) is 11.4. The Morgan fingerprint density at radius 3 is 2.57 bits per heavy atom. The summed E-state index contributed by atoms with van der Waals surface area (Å²) in [5.74, 6) is 1.42. The van der Waals surface area contributed by atoms with Crippen molar-refractivity contribution < 1.29 is 0 Å². The van der Waals surface area contributed by atoms with Crippen molar-refractivity contribution in [2.24, 2.45) is 0 Å². The quantitative estimate of drug-likeness (QED) is 0.761. The van der Waals surface area contributed by atoms with Crippen LogP contribution in [-0.2, 0) is 0 Å². The summed E-state index contributed by atoms with van der Waals surface area (Å²) in [6.07, 6.45) is 2.24. The maximum atomic E-state index is 12.1. The highest BCUT2D eigenvalue weighted by molar-refractivity contribution is 5.56. The van der Waals surface area contributed by atoms with Crippen LogP contribution >= 0.6 is 0 Å². The van der Waals surface area contributed by atoms with Crippen molar-refractivity contribution >= 4 is 11.7 Å². The van der Waals surface area contributed by atoms with Gasteiger partial charge in [-0.25, -0.2) is 4.79 Å². The molecule has 1 fully saturated rings. The Kier molecular flexibility index (Phi) is 2.70. The van der Waals surface area contributed by atoms with Crippen molar-refractivity contribution in [2.75, 3.05) is 18.0 Å². The summed E-state index contributed by atoms with van der Waals surface area (Å²) >= 11 is 0. The van der Waals surface area contributed by atoms with E-state index in [1.165, 1.54) is 4.52 Å².